The van der Waals surface area contributed by atoms with Gasteiger partial charge in [0, 0.05) is 5.69 Å². The number of carboxylic acid groups (broad SMARTS) is 1. The molecule has 1 aromatic rings. The molecule has 64 valence electrons. The van der Waals surface area contributed by atoms with E-state index in [2.05, 4.69) is 5.32 Å². The molecule has 1 aromatic carbocycles. The van der Waals surface area contributed by atoms with Crippen molar-refractivity contribution in [2.75, 3.05) is 5.32 Å². The van der Waals surface area contributed by atoms with Crippen molar-refractivity contribution in [1.82, 2.24) is 0 Å². The Morgan fingerprint density at radius 3 is 2.50 bits per heavy atom. The fourth-order valence-electron chi connectivity index (χ4n) is 0.843. The lowest BCUT2D eigenvalue weighted by molar-refractivity contribution is -0.306. The van der Waals surface area contributed by atoms with Crippen LogP contribution in [0.1, 0.15) is 6.92 Å². The molecule has 0 saturated carbocycles. The van der Waals surface area contributed by atoms with Crippen molar-refractivity contribution in [3.63, 3.8) is 0 Å². The van der Waals surface area contributed by atoms with E-state index in [0.717, 1.165) is 5.69 Å². The number of nitrogens with one attached hydrogen (secondary N) is 1. The SMILES string of the molecule is CC(Nc1ccccc1)C(=O)[O-]. The summed E-state index contributed by atoms with van der Waals surface area (Å²) in [5.41, 5.74) is 0.786. The minimum Gasteiger partial charge on any atom is -0.548 e. The number of carbonyl (C=O) groups excluding carboxylic acids is 1. The molecule has 12 heavy (non-hydrogen) atoms. The second-order valence-electron chi connectivity index (χ2n) is 2.55. The van der Waals surface area contributed by atoms with Crippen molar-refractivity contribution in [1.29, 1.82) is 0 Å². The molecule has 0 bridgehead atoms. The highest BCUT2D eigenvalue weighted by atomic mass is 16.4. The highest BCUT2D eigenvalue weighted by Gasteiger charge is 2.00. The van der Waals surface area contributed by atoms with Gasteiger partial charge in [-0.1, -0.05) is 18.2 Å². The van der Waals surface area contributed by atoms with Crippen LogP contribution in [-0.2, 0) is 4.79 Å². The Morgan fingerprint density at radius 2 is 2.00 bits per heavy atom. The Hall–Kier alpha value is -1.51. The minimum absolute atomic E-state index is 0.660. The largest absolute Gasteiger partial charge is 0.548 e. The molecular formula is C9H10NO2-. The van der Waals surface area contributed by atoms with Crippen LogP contribution in [0.4, 0.5) is 5.69 Å². The van der Waals surface area contributed by atoms with Crippen molar-refractivity contribution in [2.24, 2.45) is 0 Å². The fourth-order valence-corrected chi connectivity index (χ4v) is 0.843. The number of carbonyl (C=O) groups is 1. The summed E-state index contributed by atoms with van der Waals surface area (Å²) in [7, 11) is 0. The number of hydrogen-bond acceptors (Lipinski definition) is 3. The summed E-state index contributed by atoms with van der Waals surface area (Å²) in [6.07, 6.45) is 0. The highest BCUT2D eigenvalue weighted by Crippen LogP contribution is 2.05. The lowest BCUT2D eigenvalue weighted by atomic mass is 10.3. The summed E-state index contributed by atoms with van der Waals surface area (Å²) >= 11 is 0. The molecule has 3 heteroatoms. The normalized spacial score (nSPS) is 12.1. The number of aliphatic carboxylic acids is 1. The molecule has 0 saturated heterocycles. The molecule has 0 aliphatic heterocycles. The van der Waals surface area contributed by atoms with Gasteiger partial charge in [0.25, 0.3) is 0 Å². The van der Waals surface area contributed by atoms with Crippen molar-refractivity contribution in [3.05, 3.63) is 30.3 Å². The van der Waals surface area contributed by atoms with Crippen LogP contribution in [0.5, 0.6) is 0 Å². The van der Waals surface area contributed by atoms with Crippen LogP contribution in [-0.4, -0.2) is 12.0 Å². The number of benzene rings is 1. The van der Waals surface area contributed by atoms with Crippen molar-refractivity contribution in [2.45, 2.75) is 13.0 Å². The quantitative estimate of drug-likeness (QED) is 0.696. The van der Waals surface area contributed by atoms with Gasteiger partial charge in [0.05, 0.1) is 12.0 Å². The average Bonchev–Trinajstić information content (AvgIpc) is 2.06. The molecule has 3 nitrogen and oxygen atoms in total. The molecule has 0 aliphatic carbocycles. The van der Waals surface area contributed by atoms with Gasteiger partial charge in [-0.2, -0.15) is 0 Å². The van der Waals surface area contributed by atoms with E-state index in [4.69, 9.17) is 0 Å². The molecule has 1 N–H and O–H groups in total. The van der Waals surface area contributed by atoms with E-state index in [9.17, 15) is 9.90 Å². The first-order valence-corrected chi connectivity index (χ1v) is 3.72. The van der Waals surface area contributed by atoms with E-state index in [1.54, 1.807) is 19.1 Å². The van der Waals surface area contributed by atoms with Crippen LogP contribution in [0, 0.1) is 0 Å². The Balaban J connectivity index is 2.58. The average molecular weight is 164 g/mol. The summed E-state index contributed by atoms with van der Waals surface area (Å²) in [6.45, 7) is 1.54. The Labute approximate surface area is 71.0 Å². The van der Waals surface area contributed by atoms with Gasteiger partial charge < -0.3 is 15.2 Å². The molecule has 0 fully saturated rings. The molecule has 1 rings (SSSR count). The second-order valence-corrected chi connectivity index (χ2v) is 2.55. The first-order chi connectivity index (χ1) is 5.70. The van der Waals surface area contributed by atoms with Gasteiger partial charge in [-0.15, -0.1) is 0 Å². The third-order valence-corrected chi connectivity index (χ3v) is 1.51. The monoisotopic (exact) mass is 164 g/mol. The Bertz CT molecular complexity index is 258. The molecule has 0 aromatic heterocycles. The predicted octanol–water partition coefficient (Wildman–Crippen LogP) is 0.237. The number of hydrogen-bond donors (Lipinski definition) is 1. The van der Waals surface area contributed by atoms with Crippen LogP contribution in [0.2, 0.25) is 0 Å². The summed E-state index contributed by atoms with van der Waals surface area (Å²) < 4.78 is 0. The summed E-state index contributed by atoms with van der Waals surface area (Å²) in [4.78, 5) is 10.3. The van der Waals surface area contributed by atoms with Gasteiger partial charge in [0.15, 0.2) is 0 Å². The zero-order valence-corrected chi connectivity index (χ0v) is 6.78. The first-order valence-electron chi connectivity index (χ1n) is 3.72. The third-order valence-electron chi connectivity index (χ3n) is 1.51. The molecule has 0 radical (unpaired) electrons. The Kier molecular flexibility index (Phi) is 2.69. The van der Waals surface area contributed by atoms with Gasteiger partial charge >= 0.3 is 0 Å². The summed E-state index contributed by atoms with van der Waals surface area (Å²) in [6, 6.07) is 8.50. The second kappa shape index (κ2) is 3.76. The van der Waals surface area contributed by atoms with Gasteiger partial charge in [-0.05, 0) is 19.1 Å². The lowest BCUT2D eigenvalue weighted by Crippen LogP contribution is -2.38. The maximum absolute atomic E-state index is 10.3. The van der Waals surface area contributed by atoms with E-state index >= 15 is 0 Å². The molecule has 0 amide bonds. The van der Waals surface area contributed by atoms with Crippen LogP contribution < -0.4 is 10.4 Å². The van der Waals surface area contributed by atoms with Gasteiger partial charge in [0.1, 0.15) is 0 Å². The van der Waals surface area contributed by atoms with E-state index < -0.39 is 12.0 Å². The Morgan fingerprint density at radius 1 is 1.42 bits per heavy atom. The van der Waals surface area contributed by atoms with Crippen molar-refractivity contribution >= 4 is 11.7 Å². The molecule has 0 heterocycles. The molecule has 1 atom stereocenters. The maximum atomic E-state index is 10.3. The number of anilines is 1. The van der Waals surface area contributed by atoms with Crippen LogP contribution in [0.15, 0.2) is 30.3 Å². The van der Waals surface area contributed by atoms with Gasteiger partial charge in [0.2, 0.25) is 0 Å². The first kappa shape index (κ1) is 8.59. The predicted molar refractivity (Wildman–Crippen MR) is 44.5 cm³/mol. The van der Waals surface area contributed by atoms with Crippen LogP contribution in [0.3, 0.4) is 0 Å². The minimum atomic E-state index is -1.10. The molecular weight excluding hydrogens is 154 g/mol. The van der Waals surface area contributed by atoms with E-state index in [1.807, 2.05) is 18.2 Å². The maximum Gasteiger partial charge on any atom is 0.0634 e. The molecule has 1 unspecified atom stereocenters. The van der Waals surface area contributed by atoms with Crippen LogP contribution >= 0.6 is 0 Å². The van der Waals surface area contributed by atoms with Crippen LogP contribution in [0.25, 0.3) is 0 Å². The molecule has 0 spiro atoms. The topological polar surface area (TPSA) is 52.2 Å². The number of carboxylic acids is 1. The third kappa shape index (κ3) is 2.27. The number of rotatable bonds is 3. The van der Waals surface area contributed by atoms with E-state index in [-0.39, 0.29) is 0 Å². The van der Waals surface area contributed by atoms with Gasteiger partial charge in [-0.25, -0.2) is 0 Å². The highest BCUT2D eigenvalue weighted by molar-refractivity contribution is 5.74. The van der Waals surface area contributed by atoms with Gasteiger partial charge in [-0.3, -0.25) is 0 Å². The smallest absolute Gasteiger partial charge is 0.0634 e. The number of para-hydroxylation sites is 1. The lowest BCUT2D eigenvalue weighted by Gasteiger charge is -2.15. The van der Waals surface area contributed by atoms with E-state index in [1.165, 1.54) is 0 Å². The van der Waals surface area contributed by atoms with E-state index in [0.29, 0.717) is 0 Å². The zero-order chi connectivity index (χ0) is 8.97. The van der Waals surface area contributed by atoms with Crippen molar-refractivity contribution < 1.29 is 9.90 Å². The molecule has 0 aliphatic rings. The summed E-state index contributed by atoms with van der Waals surface area (Å²) in [5, 5.41) is 13.1. The zero-order valence-electron chi connectivity index (χ0n) is 6.78. The fraction of sp³-hybridized carbons (Fsp3) is 0.222. The summed E-state index contributed by atoms with van der Waals surface area (Å²) in [5.74, 6) is -1.10. The standard InChI is InChI=1S/C9H11NO2/c1-7(9(11)12)10-8-5-3-2-4-6-8/h2-7,10H,1H3,(H,11,12)/p-1. The van der Waals surface area contributed by atoms with Crippen molar-refractivity contribution in [3.8, 4) is 0 Å².